The normalized spacial score (nSPS) is 13.2. The van der Waals surface area contributed by atoms with Crippen LogP contribution < -0.4 is 5.32 Å². The molecule has 0 radical (unpaired) electrons. The van der Waals surface area contributed by atoms with Crippen molar-refractivity contribution in [3.05, 3.63) is 34.9 Å². The Balaban J connectivity index is 2.52. The Hall–Kier alpha value is -0.670. The largest absolute Gasteiger partial charge is 0.305 e. The summed E-state index contributed by atoms with van der Waals surface area (Å²) in [5.41, 5.74) is 0.954. The fourth-order valence-electron chi connectivity index (χ4n) is 1.14. The number of benzene rings is 1. The van der Waals surface area contributed by atoms with Gasteiger partial charge in [0.05, 0.1) is 6.54 Å². The molecule has 0 saturated carbocycles. The SMILES string of the molecule is C[C@@H](NCC(F)F)c1ccc(Cl)cc1. The first-order chi connectivity index (χ1) is 6.59. The first kappa shape index (κ1) is 11.4. The summed E-state index contributed by atoms with van der Waals surface area (Å²) in [6, 6.07) is 7.06. The lowest BCUT2D eigenvalue weighted by Gasteiger charge is -2.13. The zero-order valence-electron chi connectivity index (χ0n) is 7.81. The summed E-state index contributed by atoms with van der Waals surface area (Å²) in [5, 5.41) is 3.37. The highest BCUT2D eigenvalue weighted by Crippen LogP contribution is 2.15. The molecular formula is C10H12ClF2N. The molecular weight excluding hydrogens is 208 g/mol. The maximum atomic E-state index is 11.9. The third kappa shape index (κ3) is 3.60. The molecule has 1 atom stereocenters. The van der Waals surface area contributed by atoms with Gasteiger partial charge in [0, 0.05) is 11.1 Å². The van der Waals surface area contributed by atoms with Crippen LogP contribution in [0.4, 0.5) is 8.78 Å². The topological polar surface area (TPSA) is 12.0 Å². The van der Waals surface area contributed by atoms with Gasteiger partial charge < -0.3 is 5.32 Å². The van der Waals surface area contributed by atoms with E-state index in [-0.39, 0.29) is 12.6 Å². The Labute approximate surface area is 87.1 Å². The molecule has 0 saturated heterocycles. The fraction of sp³-hybridized carbons (Fsp3) is 0.400. The molecule has 0 aliphatic heterocycles. The molecule has 0 unspecified atom stereocenters. The number of rotatable bonds is 4. The van der Waals surface area contributed by atoms with Gasteiger partial charge in [-0.3, -0.25) is 0 Å². The van der Waals surface area contributed by atoms with Crippen LogP contribution in [0.25, 0.3) is 0 Å². The lowest BCUT2D eigenvalue weighted by atomic mass is 10.1. The van der Waals surface area contributed by atoms with Gasteiger partial charge in [-0.15, -0.1) is 0 Å². The Morgan fingerprint density at radius 3 is 2.36 bits per heavy atom. The van der Waals surface area contributed by atoms with E-state index in [2.05, 4.69) is 5.32 Å². The summed E-state index contributed by atoms with van der Waals surface area (Å²) in [6.07, 6.45) is -2.32. The summed E-state index contributed by atoms with van der Waals surface area (Å²) in [6.45, 7) is 1.55. The van der Waals surface area contributed by atoms with Gasteiger partial charge in [-0.2, -0.15) is 0 Å². The van der Waals surface area contributed by atoms with E-state index in [1.807, 2.05) is 19.1 Å². The molecule has 4 heteroatoms. The van der Waals surface area contributed by atoms with Crippen LogP contribution in [-0.4, -0.2) is 13.0 Å². The van der Waals surface area contributed by atoms with E-state index in [1.54, 1.807) is 12.1 Å². The van der Waals surface area contributed by atoms with E-state index in [9.17, 15) is 8.78 Å². The van der Waals surface area contributed by atoms with Crippen LogP contribution in [0.15, 0.2) is 24.3 Å². The molecule has 0 fully saturated rings. The van der Waals surface area contributed by atoms with Crippen molar-refractivity contribution in [2.45, 2.75) is 19.4 Å². The second-order valence-electron chi connectivity index (χ2n) is 3.07. The van der Waals surface area contributed by atoms with Gasteiger partial charge in [-0.05, 0) is 24.6 Å². The van der Waals surface area contributed by atoms with Crippen LogP contribution in [-0.2, 0) is 0 Å². The van der Waals surface area contributed by atoms with E-state index in [0.29, 0.717) is 5.02 Å². The van der Waals surface area contributed by atoms with Crippen molar-refractivity contribution in [3.63, 3.8) is 0 Å². The first-order valence-electron chi connectivity index (χ1n) is 4.36. The second kappa shape index (κ2) is 5.27. The average molecular weight is 220 g/mol. The number of nitrogens with one attached hydrogen (secondary N) is 1. The molecule has 1 aromatic carbocycles. The molecule has 1 N–H and O–H groups in total. The summed E-state index contributed by atoms with van der Waals surface area (Å²) >= 11 is 5.70. The van der Waals surface area contributed by atoms with E-state index in [1.165, 1.54) is 0 Å². The standard InChI is InChI=1S/C10H12ClF2N/c1-7(14-6-10(12)13)8-2-4-9(11)5-3-8/h2-5,7,10,14H,6H2,1H3/t7-/m1/s1. The van der Waals surface area contributed by atoms with Gasteiger partial charge in [0.1, 0.15) is 0 Å². The predicted molar refractivity (Wildman–Crippen MR) is 53.9 cm³/mol. The van der Waals surface area contributed by atoms with E-state index >= 15 is 0 Å². The molecule has 1 aromatic rings. The Bertz CT molecular complexity index is 274. The fourth-order valence-corrected chi connectivity index (χ4v) is 1.26. The highest BCUT2D eigenvalue weighted by Gasteiger charge is 2.07. The van der Waals surface area contributed by atoms with Gasteiger partial charge >= 0.3 is 0 Å². The number of hydrogen-bond acceptors (Lipinski definition) is 1. The summed E-state index contributed by atoms with van der Waals surface area (Å²) in [5.74, 6) is 0. The molecule has 0 aliphatic rings. The molecule has 0 bridgehead atoms. The van der Waals surface area contributed by atoms with Crippen molar-refractivity contribution in [2.24, 2.45) is 0 Å². The van der Waals surface area contributed by atoms with Crippen molar-refractivity contribution in [3.8, 4) is 0 Å². The third-order valence-corrected chi connectivity index (χ3v) is 2.20. The van der Waals surface area contributed by atoms with Crippen LogP contribution in [0.2, 0.25) is 5.02 Å². The van der Waals surface area contributed by atoms with Crippen molar-refractivity contribution in [1.82, 2.24) is 5.32 Å². The number of halogens is 3. The Kier molecular flexibility index (Phi) is 4.29. The highest BCUT2D eigenvalue weighted by molar-refractivity contribution is 6.30. The highest BCUT2D eigenvalue weighted by atomic mass is 35.5. The Morgan fingerprint density at radius 2 is 1.86 bits per heavy atom. The lowest BCUT2D eigenvalue weighted by Crippen LogP contribution is -2.24. The summed E-state index contributed by atoms with van der Waals surface area (Å²) < 4.78 is 23.8. The van der Waals surface area contributed by atoms with E-state index in [4.69, 9.17) is 11.6 Å². The molecule has 0 aliphatic carbocycles. The number of alkyl halides is 2. The molecule has 1 nitrogen and oxygen atoms in total. The third-order valence-electron chi connectivity index (χ3n) is 1.95. The van der Waals surface area contributed by atoms with Crippen molar-refractivity contribution >= 4 is 11.6 Å². The van der Waals surface area contributed by atoms with E-state index < -0.39 is 6.43 Å². The minimum Gasteiger partial charge on any atom is -0.305 e. The van der Waals surface area contributed by atoms with Gasteiger partial charge in [-0.25, -0.2) is 8.78 Å². The van der Waals surface area contributed by atoms with Crippen LogP contribution in [0.1, 0.15) is 18.5 Å². The minimum atomic E-state index is -2.32. The zero-order valence-corrected chi connectivity index (χ0v) is 8.56. The second-order valence-corrected chi connectivity index (χ2v) is 3.51. The van der Waals surface area contributed by atoms with Crippen LogP contribution in [0.5, 0.6) is 0 Å². The molecule has 78 valence electrons. The minimum absolute atomic E-state index is 0.0822. The smallest absolute Gasteiger partial charge is 0.250 e. The summed E-state index contributed by atoms with van der Waals surface area (Å²) in [7, 11) is 0. The summed E-state index contributed by atoms with van der Waals surface area (Å²) in [4.78, 5) is 0. The van der Waals surface area contributed by atoms with Crippen molar-refractivity contribution < 1.29 is 8.78 Å². The van der Waals surface area contributed by atoms with Gasteiger partial charge in [0.2, 0.25) is 0 Å². The van der Waals surface area contributed by atoms with Gasteiger partial charge in [0.25, 0.3) is 6.43 Å². The zero-order chi connectivity index (χ0) is 10.6. The van der Waals surface area contributed by atoms with Gasteiger partial charge in [-0.1, -0.05) is 23.7 Å². The van der Waals surface area contributed by atoms with Gasteiger partial charge in [0.15, 0.2) is 0 Å². The molecule has 0 amide bonds. The molecule has 0 heterocycles. The molecule has 0 aromatic heterocycles. The average Bonchev–Trinajstić information content (AvgIpc) is 2.15. The first-order valence-corrected chi connectivity index (χ1v) is 4.74. The van der Waals surface area contributed by atoms with E-state index in [0.717, 1.165) is 5.56 Å². The lowest BCUT2D eigenvalue weighted by molar-refractivity contribution is 0.142. The maximum Gasteiger partial charge on any atom is 0.250 e. The van der Waals surface area contributed by atoms with Crippen LogP contribution >= 0.6 is 11.6 Å². The molecule has 1 rings (SSSR count). The maximum absolute atomic E-state index is 11.9. The molecule has 14 heavy (non-hydrogen) atoms. The van der Waals surface area contributed by atoms with Crippen molar-refractivity contribution in [1.29, 1.82) is 0 Å². The quantitative estimate of drug-likeness (QED) is 0.820. The number of hydrogen-bond donors (Lipinski definition) is 1. The Morgan fingerprint density at radius 1 is 1.29 bits per heavy atom. The van der Waals surface area contributed by atoms with Crippen molar-refractivity contribution in [2.75, 3.05) is 6.54 Å². The van der Waals surface area contributed by atoms with Crippen LogP contribution in [0.3, 0.4) is 0 Å². The molecule has 0 spiro atoms. The van der Waals surface area contributed by atoms with Crippen LogP contribution in [0, 0.1) is 0 Å². The predicted octanol–water partition coefficient (Wildman–Crippen LogP) is 3.26. The monoisotopic (exact) mass is 219 g/mol.